The van der Waals surface area contributed by atoms with Gasteiger partial charge in [0.05, 0.1) is 0 Å². The van der Waals surface area contributed by atoms with E-state index in [1.807, 2.05) is 24.3 Å². The van der Waals surface area contributed by atoms with Gasteiger partial charge < -0.3 is 14.8 Å². The zero-order valence-electron chi connectivity index (χ0n) is 16.5. The van der Waals surface area contributed by atoms with Crippen molar-refractivity contribution in [1.82, 2.24) is 0 Å². The van der Waals surface area contributed by atoms with Crippen LogP contribution in [0.3, 0.4) is 0 Å². The lowest BCUT2D eigenvalue weighted by Gasteiger charge is -2.14. The summed E-state index contributed by atoms with van der Waals surface area (Å²) in [6.07, 6.45) is -0.957. The predicted molar refractivity (Wildman–Crippen MR) is 107 cm³/mol. The summed E-state index contributed by atoms with van der Waals surface area (Å²) in [5, 5.41) is 2.71. The van der Waals surface area contributed by atoms with Crippen molar-refractivity contribution in [3.63, 3.8) is 0 Å². The lowest BCUT2D eigenvalue weighted by Crippen LogP contribution is -2.31. The molecule has 0 aliphatic rings. The van der Waals surface area contributed by atoms with Gasteiger partial charge in [0.1, 0.15) is 5.75 Å². The number of ketones is 1. The average molecular weight is 383 g/mol. The maximum Gasteiger partial charge on any atom is 0.344 e. The highest BCUT2D eigenvalue weighted by atomic mass is 16.6. The molecule has 1 atom stereocenters. The van der Waals surface area contributed by atoms with E-state index in [2.05, 4.69) is 19.2 Å². The number of carbonyl (C=O) groups excluding carboxylic acids is 3. The second-order valence-corrected chi connectivity index (χ2v) is 6.77. The third-order valence-electron chi connectivity index (χ3n) is 4.14. The topological polar surface area (TPSA) is 81.7 Å². The Morgan fingerprint density at radius 1 is 0.929 bits per heavy atom. The minimum atomic E-state index is -0.957. The largest absolute Gasteiger partial charge is 0.482 e. The Kier molecular flexibility index (Phi) is 7.32. The van der Waals surface area contributed by atoms with Crippen molar-refractivity contribution < 1.29 is 23.9 Å². The second-order valence-electron chi connectivity index (χ2n) is 6.77. The van der Waals surface area contributed by atoms with Crippen molar-refractivity contribution in [2.45, 2.75) is 39.7 Å². The van der Waals surface area contributed by atoms with Crippen molar-refractivity contribution in [2.24, 2.45) is 0 Å². The molecule has 0 heterocycles. The van der Waals surface area contributed by atoms with Gasteiger partial charge >= 0.3 is 5.97 Å². The van der Waals surface area contributed by atoms with Crippen LogP contribution in [-0.4, -0.2) is 30.4 Å². The second kappa shape index (κ2) is 9.69. The van der Waals surface area contributed by atoms with Crippen LogP contribution in [0.2, 0.25) is 0 Å². The highest BCUT2D eigenvalue weighted by Gasteiger charge is 2.18. The number of Topliss-reactive ketones (excluding diaryl/α,β-unsaturated/α-hetero) is 1. The van der Waals surface area contributed by atoms with Gasteiger partial charge in [-0.3, -0.25) is 9.59 Å². The first kappa shape index (κ1) is 21.2. The van der Waals surface area contributed by atoms with E-state index < -0.39 is 18.0 Å². The number of carbonyl (C=O) groups is 3. The molecule has 1 amide bonds. The third-order valence-corrected chi connectivity index (χ3v) is 4.14. The fourth-order valence-corrected chi connectivity index (χ4v) is 2.41. The summed E-state index contributed by atoms with van der Waals surface area (Å²) in [4.78, 5) is 35.3. The first-order chi connectivity index (χ1) is 13.3. The minimum Gasteiger partial charge on any atom is -0.482 e. The van der Waals surface area contributed by atoms with Crippen LogP contribution < -0.4 is 10.1 Å². The molecule has 6 heteroatoms. The first-order valence-corrected chi connectivity index (χ1v) is 9.10. The Labute approximate surface area is 164 Å². The molecule has 2 rings (SSSR count). The number of hydrogen-bond donors (Lipinski definition) is 1. The number of benzene rings is 2. The molecule has 148 valence electrons. The maximum absolute atomic E-state index is 12.2. The lowest BCUT2D eigenvalue weighted by molar-refractivity contribution is -0.155. The van der Waals surface area contributed by atoms with Crippen molar-refractivity contribution >= 4 is 23.3 Å². The van der Waals surface area contributed by atoms with Crippen LogP contribution in [0.25, 0.3) is 0 Å². The van der Waals surface area contributed by atoms with E-state index in [1.54, 1.807) is 24.3 Å². The molecule has 0 unspecified atom stereocenters. The molecule has 0 bridgehead atoms. The van der Waals surface area contributed by atoms with Crippen LogP contribution in [-0.2, 0) is 14.3 Å². The summed E-state index contributed by atoms with van der Waals surface area (Å²) in [6, 6.07) is 13.9. The van der Waals surface area contributed by atoms with Gasteiger partial charge in [-0.25, -0.2) is 4.79 Å². The summed E-state index contributed by atoms with van der Waals surface area (Å²) in [7, 11) is 0. The smallest absolute Gasteiger partial charge is 0.344 e. The summed E-state index contributed by atoms with van der Waals surface area (Å²) < 4.78 is 10.4. The fraction of sp³-hybridized carbons (Fsp3) is 0.318. The van der Waals surface area contributed by atoms with E-state index >= 15 is 0 Å². The Hall–Kier alpha value is -3.15. The van der Waals surface area contributed by atoms with Crippen LogP contribution in [0.5, 0.6) is 5.75 Å². The van der Waals surface area contributed by atoms with Crippen LogP contribution in [0.15, 0.2) is 48.5 Å². The third kappa shape index (κ3) is 6.23. The van der Waals surface area contributed by atoms with E-state index in [1.165, 1.54) is 19.4 Å². The number of ether oxygens (including phenoxy) is 2. The van der Waals surface area contributed by atoms with Gasteiger partial charge in [-0.2, -0.15) is 0 Å². The van der Waals surface area contributed by atoms with Gasteiger partial charge in [0.25, 0.3) is 5.91 Å². The normalized spacial score (nSPS) is 11.6. The van der Waals surface area contributed by atoms with Crippen molar-refractivity contribution in [2.75, 3.05) is 11.9 Å². The number of amides is 1. The van der Waals surface area contributed by atoms with Crippen molar-refractivity contribution in [1.29, 1.82) is 0 Å². The molecule has 0 saturated heterocycles. The highest BCUT2D eigenvalue weighted by molar-refractivity contribution is 5.95. The van der Waals surface area contributed by atoms with Gasteiger partial charge in [0.2, 0.25) is 0 Å². The molecular formula is C22H25NO5. The van der Waals surface area contributed by atoms with Crippen LogP contribution in [0.1, 0.15) is 49.5 Å². The van der Waals surface area contributed by atoms with E-state index in [4.69, 9.17) is 9.47 Å². The van der Waals surface area contributed by atoms with Gasteiger partial charge in [-0.1, -0.05) is 26.0 Å². The molecule has 0 aliphatic carbocycles. The van der Waals surface area contributed by atoms with Crippen molar-refractivity contribution in [3.8, 4) is 5.75 Å². The Morgan fingerprint density at radius 3 is 2.07 bits per heavy atom. The SMILES string of the molecule is CC(=O)c1ccc(OCC(=O)O[C@@H](C)C(=O)Nc2ccc(C(C)C)cc2)cc1. The number of rotatable bonds is 8. The quantitative estimate of drug-likeness (QED) is 0.551. The zero-order valence-corrected chi connectivity index (χ0v) is 16.5. The Balaban J connectivity index is 1.80. The van der Waals surface area contributed by atoms with E-state index in [-0.39, 0.29) is 12.4 Å². The standard InChI is InChI=1S/C22H25NO5/c1-14(2)17-5-9-19(10-6-17)23-22(26)16(4)28-21(25)13-27-20-11-7-18(8-12-20)15(3)24/h5-12,14,16H,13H2,1-4H3,(H,23,26)/t16-/m0/s1. The molecule has 0 aromatic heterocycles. The molecule has 0 aliphatic heterocycles. The number of hydrogen-bond acceptors (Lipinski definition) is 5. The summed E-state index contributed by atoms with van der Waals surface area (Å²) in [5.41, 5.74) is 2.37. The first-order valence-electron chi connectivity index (χ1n) is 9.10. The van der Waals surface area contributed by atoms with Gasteiger partial charge in [0.15, 0.2) is 18.5 Å². The molecule has 2 aromatic carbocycles. The van der Waals surface area contributed by atoms with Crippen LogP contribution in [0.4, 0.5) is 5.69 Å². The molecular weight excluding hydrogens is 358 g/mol. The molecule has 0 spiro atoms. The lowest BCUT2D eigenvalue weighted by atomic mass is 10.0. The van der Waals surface area contributed by atoms with E-state index in [0.29, 0.717) is 22.9 Å². The van der Waals surface area contributed by atoms with Gasteiger partial charge in [0, 0.05) is 11.3 Å². The molecule has 28 heavy (non-hydrogen) atoms. The summed E-state index contributed by atoms with van der Waals surface area (Å²) in [5.74, 6) is -0.290. The van der Waals surface area contributed by atoms with Crippen LogP contribution >= 0.6 is 0 Å². The summed E-state index contributed by atoms with van der Waals surface area (Å²) >= 11 is 0. The van der Waals surface area contributed by atoms with E-state index in [9.17, 15) is 14.4 Å². The van der Waals surface area contributed by atoms with Crippen LogP contribution in [0, 0.1) is 0 Å². The molecule has 0 fully saturated rings. The fourth-order valence-electron chi connectivity index (χ4n) is 2.41. The van der Waals surface area contributed by atoms with E-state index in [0.717, 1.165) is 0 Å². The van der Waals surface area contributed by atoms with Gasteiger partial charge in [-0.15, -0.1) is 0 Å². The molecule has 6 nitrogen and oxygen atoms in total. The minimum absolute atomic E-state index is 0.0513. The maximum atomic E-state index is 12.2. The Bertz CT molecular complexity index is 825. The molecule has 0 saturated carbocycles. The number of anilines is 1. The Morgan fingerprint density at radius 2 is 1.54 bits per heavy atom. The van der Waals surface area contributed by atoms with Gasteiger partial charge in [-0.05, 0) is 61.7 Å². The number of esters is 1. The average Bonchev–Trinajstić information content (AvgIpc) is 2.67. The number of nitrogens with one attached hydrogen (secondary N) is 1. The predicted octanol–water partition coefficient (Wildman–Crippen LogP) is 3.96. The molecule has 0 radical (unpaired) electrons. The summed E-state index contributed by atoms with van der Waals surface area (Å²) in [6.45, 7) is 6.82. The van der Waals surface area contributed by atoms with Crippen molar-refractivity contribution in [3.05, 3.63) is 59.7 Å². The monoisotopic (exact) mass is 383 g/mol. The molecule has 1 N–H and O–H groups in total. The molecule has 2 aromatic rings. The highest BCUT2D eigenvalue weighted by Crippen LogP contribution is 2.17. The zero-order chi connectivity index (χ0) is 20.7.